The molecule has 3 rings (SSSR count). The van der Waals surface area contributed by atoms with Crippen LogP contribution in [0, 0.1) is 0 Å². The van der Waals surface area contributed by atoms with E-state index >= 15 is 0 Å². The minimum atomic E-state index is -3.45. The van der Waals surface area contributed by atoms with Crippen LogP contribution in [0.25, 0.3) is 0 Å². The van der Waals surface area contributed by atoms with Crippen molar-refractivity contribution in [1.29, 1.82) is 0 Å². The third-order valence-corrected chi connectivity index (χ3v) is 6.50. The van der Waals surface area contributed by atoms with Gasteiger partial charge < -0.3 is 19.9 Å². The van der Waals surface area contributed by atoms with Crippen LogP contribution in [0.1, 0.15) is 31.1 Å². The number of alkyl carbamates (subject to hydrolysis) is 1. The number of benzene rings is 2. The summed E-state index contributed by atoms with van der Waals surface area (Å²) >= 11 is 0. The Balaban J connectivity index is 1.76. The molecule has 0 radical (unpaired) electrons. The number of carbonyl (C=O) groups is 1. The SMILES string of the molecule is CN(c1ccc2c(c1)OC(C)(C)[C@H](O)[C@H]2OC(=O)NCCc1ccccc1)S(C)(=O)=O. The third-order valence-electron chi connectivity index (χ3n) is 5.30. The summed E-state index contributed by atoms with van der Waals surface area (Å²) in [7, 11) is -2.02. The number of anilines is 1. The summed E-state index contributed by atoms with van der Waals surface area (Å²) < 4.78 is 36.3. The Morgan fingerprint density at radius 3 is 2.55 bits per heavy atom. The summed E-state index contributed by atoms with van der Waals surface area (Å²) in [6.45, 7) is 3.74. The zero-order valence-corrected chi connectivity index (χ0v) is 18.8. The largest absolute Gasteiger partial charge is 0.484 e. The molecule has 2 aromatic carbocycles. The van der Waals surface area contributed by atoms with E-state index in [9.17, 15) is 18.3 Å². The molecular formula is C22H28N2O6S. The average molecular weight is 449 g/mol. The average Bonchev–Trinajstić information content (AvgIpc) is 2.70. The van der Waals surface area contributed by atoms with Gasteiger partial charge >= 0.3 is 6.09 Å². The third kappa shape index (κ3) is 5.29. The Kier molecular flexibility index (Phi) is 6.47. The first-order valence-electron chi connectivity index (χ1n) is 9.92. The molecule has 0 saturated heterocycles. The number of ether oxygens (including phenoxy) is 2. The topological polar surface area (TPSA) is 105 Å². The van der Waals surface area contributed by atoms with Gasteiger partial charge in [-0.15, -0.1) is 0 Å². The maximum atomic E-state index is 12.4. The zero-order valence-electron chi connectivity index (χ0n) is 18.0. The summed E-state index contributed by atoms with van der Waals surface area (Å²) in [5.41, 5.74) is 0.905. The number of nitrogens with zero attached hydrogens (tertiary/aromatic N) is 1. The number of hydrogen-bond donors (Lipinski definition) is 2. The first-order valence-corrected chi connectivity index (χ1v) is 11.8. The number of carbonyl (C=O) groups excluding carboxylic acids is 1. The second-order valence-electron chi connectivity index (χ2n) is 8.09. The molecule has 1 aliphatic heterocycles. The van der Waals surface area contributed by atoms with Gasteiger partial charge in [-0.05, 0) is 38.0 Å². The zero-order chi connectivity index (χ0) is 22.8. The van der Waals surface area contributed by atoms with E-state index in [1.807, 2.05) is 30.3 Å². The highest BCUT2D eigenvalue weighted by Crippen LogP contribution is 2.43. The van der Waals surface area contributed by atoms with Gasteiger partial charge in [0.2, 0.25) is 10.0 Å². The highest BCUT2D eigenvalue weighted by Gasteiger charge is 2.45. The minimum Gasteiger partial charge on any atom is -0.484 e. The predicted molar refractivity (Wildman–Crippen MR) is 118 cm³/mol. The number of aliphatic hydroxyl groups excluding tert-OH is 1. The normalized spacial score (nSPS) is 19.6. The molecule has 2 atom stereocenters. The van der Waals surface area contributed by atoms with Crippen LogP contribution in [0.15, 0.2) is 48.5 Å². The van der Waals surface area contributed by atoms with Crippen LogP contribution in [-0.2, 0) is 21.2 Å². The van der Waals surface area contributed by atoms with E-state index < -0.39 is 33.9 Å². The molecular weight excluding hydrogens is 420 g/mol. The molecule has 0 bridgehead atoms. The highest BCUT2D eigenvalue weighted by molar-refractivity contribution is 7.92. The van der Waals surface area contributed by atoms with Crippen LogP contribution in [-0.4, -0.2) is 51.2 Å². The quantitative estimate of drug-likeness (QED) is 0.704. The van der Waals surface area contributed by atoms with Gasteiger partial charge in [-0.25, -0.2) is 13.2 Å². The number of sulfonamides is 1. The van der Waals surface area contributed by atoms with Crippen LogP contribution < -0.4 is 14.4 Å². The summed E-state index contributed by atoms with van der Waals surface area (Å²) in [6.07, 6.45) is -0.977. The number of rotatable bonds is 6. The molecule has 0 spiro atoms. The Hall–Kier alpha value is -2.78. The van der Waals surface area contributed by atoms with Crippen molar-refractivity contribution in [2.45, 2.75) is 38.1 Å². The van der Waals surface area contributed by atoms with Gasteiger partial charge in [0.25, 0.3) is 0 Å². The summed E-state index contributed by atoms with van der Waals surface area (Å²) in [5, 5.41) is 13.5. The Morgan fingerprint density at radius 2 is 1.90 bits per heavy atom. The maximum Gasteiger partial charge on any atom is 0.407 e. The van der Waals surface area contributed by atoms with Gasteiger partial charge in [0.05, 0.1) is 11.9 Å². The van der Waals surface area contributed by atoms with Gasteiger partial charge in [0, 0.05) is 25.2 Å². The number of nitrogens with one attached hydrogen (secondary N) is 1. The minimum absolute atomic E-state index is 0.352. The summed E-state index contributed by atoms with van der Waals surface area (Å²) in [6, 6.07) is 14.5. The van der Waals surface area contributed by atoms with E-state index in [4.69, 9.17) is 9.47 Å². The first kappa shape index (κ1) is 22.9. The van der Waals surface area contributed by atoms with Crippen molar-refractivity contribution in [2.24, 2.45) is 0 Å². The fraction of sp³-hybridized carbons (Fsp3) is 0.409. The van der Waals surface area contributed by atoms with Gasteiger partial charge in [0.15, 0.2) is 6.10 Å². The van der Waals surface area contributed by atoms with Crippen molar-refractivity contribution in [1.82, 2.24) is 5.32 Å². The Bertz CT molecular complexity index is 1040. The fourth-order valence-electron chi connectivity index (χ4n) is 3.35. The number of aliphatic hydroxyl groups is 1. The molecule has 0 fully saturated rings. The van der Waals surface area contributed by atoms with E-state index in [0.29, 0.717) is 30.0 Å². The second-order valence-corrected chi connectivity index (χ2v) is 10.1. The Morgan fingerprint density at radius 1 is 1.23 bits per heavy atom. The van der Waals surface area contributed by atoms with Crippen LogP contribution >= 0.6 is 0 Å². The summed E-state index contributed by atoms with van der Waals surface area (Å²) in [4.78, 5) is 12.4. The molecule has 0 aliphatic carbocycles. The maximum absolute atomic E-state index is 12.4. The molecule has 1 heterocycles. The molecule has 9 heteroatoms. The van der Waals surface area contributed by atoms with Crippen LogP contribution in [0.4, 0.5) is 10.5 Å². The van der Waals surface area contributed by atoms with Crippen molar-refractivity contribution < 1.29 is 27.8 Å². The van der Waals surface area contributed by atoms with E-state index in [-0.39, 0.29) is 0 Å². The van der Waals surface area contributed by atoms with Gasteiger partial charge in [-0.1, -0.05) is 30.3 Å². The van der Waals surface area contributed by atoms with Gasteiger partial charge in [-0.3, -0.25) is 4.31 Å². The molecule has 168 valence electrons. The molecule has 1 amide bonds. The lowest BCUT2D eigenvalue weighted by Gasteiger charge is -2.41. The van der Waals surface area contributed by atoms with Crippen molar-refractivity contribution >= 4 is 21.8 Å². The molecule has 8 nitrogen and oxygen atoms in total. The monoisotopic (exact) mass is 448 g/mol. The van der Waals surface area contributed by atoms with Crippen LogP contribution in [0.3, 0.4) is 0 Å². The second kappa shape index (κ2) is 8.76. The lowest BCUT2D eigenvalue weighted by molar-refractivity contribution is -0.113. The molecule has 0 unspecified atom stereocenters. The van der Waals surface area contributed by atoms with Crippen LogP contribution in [0.5, 0.6) is 5.75 Å². The molecule has 2 aromatic rings. The lowest BCUT2D eigenvalue weighted by Crippen LogP contribution is -2.50. The van der Waals surface area contributed by atoms with E-state index in [1.54, 1.807) is 32.0 Å². The lowest BCUT2D eigenvalue weighted by atomic mass is 9.88. The number of hydrogen-bond acceptors (Lipinski definition) is 6. The molecule has 31 heavy (non-hydrogen) atoms. The van der Waals surface area contributed by atoms with Crippen LogP contribution in [0.2, 0.25) is 0 Å². The van der Waals surface area contributed by atoms with E-state index in [2.05, 4.69) is 5.32 Å². The van der Waals surface area contributed by atoms with Crippen molar-refractivity contribution in [2.75, 3.05) is 24.2 Å². The summed E-state index contributed by atoms with van der Waals surface area (Å²) in [5.74, 6) is 0.352. The highest BCUT2D eigenvalue weighted by atomic mass is 32.2. The standard InChI is InChI=1S/C22H28N2O6S/c1-22(2)20(25)19(29-21(26)23-13-12-15-8-6-5-7-9-15)17-11-10-16(14-18(17)30-22)24(3)31(4,27)28/h5-11,14,19-20,25H,12-13H2,1-4H3,(H,23,26)/t19-,20+/m0/s1. The number of fused-ring (bicyclic) bond motifs is 1. The van der Waals surface area contributed by atoms with Crippen molar-refractivity contribution in [3.8, 4) is 5.75 Å². The first-order chi connectivity index (χ1) is 14.5. The fourth-order valence-corrected chi connectivity index (χ4v) is 3.85. The molecule has 0 saturated carbocycles. The predicted octanol–water partition coefficient (Wildman–Crippen LogP) is 2.62. The smallest absolute Gasteiger partial charge is 0.407 e. The molecule has 1 aliphatic rings. The molecule has 2 N–H and O–H groups in total. The van der Waals surface area contributed by atoms with Crippen molar-refractivity contribution in [3.63, 3.8) is 0 Å². The van der Waals surface area contributed by atoms with E-state index in [1.165, 1.54) is 7.05 Å². The van der Waals surface area contributed by atoms with E-state index in [0.717, 1.165) is 16.1 Å². The molecule has 0 aromatic heterocycles. The van der Waals surface area contributed by atoms with Crippen molar-refractivity contribution in [3.05, 3.63) is 59.7 Å². The van der Waals surface area contributed by atoms with Gasteiger partial charge in [-0.2, -0.15) is 0 Å². The Labute approximate surface area is 182 Å². The number of amides is 1. The van der Waals surface area contributed by atoms with Gasteiger partial charge in [0.1, 0.15) is 17.5 Å².